The molecule has 0 amide bonds. The van der Waals surface area contributed by atoms with Crippen molar-refractivity contribution in [2.75, 3.05) is 55.6 Å². The van der Waals surface area contributed by atoms with Gasteiger partial charge in [0.15, 0.2) is 23.0 Å². The van der Waals surface area contributed by atoms with Gasteiger partial charge in [-0.3, -0.25) is 9.80 Å². The highest BCUT2D eigenvalue weighted by Crippen LogP contribution is 2.43. The molecule has 4 aromatic rings. The molecule has 0 saturated carbocycles. The van der Waals surface area contributed by atoms with E-state index in [0.717, 1.165) is 72.5 Å². The summed E-state index contributed by atoms with van der Waals surface area (Å²) >= 11 is 0. The molecule has 4 aromatic carbocycles. The third kappa shape index (κ3) is 5.95. The molecule has 2 aliphatic rings. The number of methoxy groups -OCH3 is 4. The van der Waals surface area contributed by atoms with E-state index >= 15 is 0 Å². The summed E-state index contributed by atoms with van der Waals surface area (Å²) in [4.78, 5) is 4.74. The maximum absolute atomic E-state index is 10.4. The summed E-state index contributed by atoms with van der Waals surface area (Å²) in [6.07, 6.45) is 3.34. The molecule has 2 heterocycles. The number of aromatic hydroxyl groups is 2. The molecule has 8 heteroatoms. The topological polar surface area (TPSA) is 83.9 Å². The fourth-order valence-electron chi connectivity index (χ4n) is 7.18. The van der Waals surface area contributed by atoms with Crippen LogP contribution in [0.2, 0.25) is 0 Å². The molecule has 2 unspecified atom stereocenters. The van der Waals surface area contributed by atoms with Crippen LogP contribution in [-0.4, -0.2) is 75.6 Å². The Bertz CT molecular complexity index is 1610. The summed E-state index contributed by atoms with van der Waals surface area (Å²) < 4.78 is 22.7. The molecule has 0 bridgehead atoms. The Hall–Kier alpha value is -4.40. The summed E-state index contributed by atoms with van der Waals surface area (Å²) in [5, 5.41) is 20.8. The van der Waals surface area contributed by atoms with E-state index in [9.17, 15) is 10.2 Å². The van der Waals surface area contributed by atoms with E-state index in [4.69, 9.17) is 18.9 Å². The van der Waals surface area contributed by atoms with Crippen LogP contribution in [0.15, 0.2) is 60.7 Å². The van der Waals surface area contributed by atoms with Crippen LogP contribution >= 0.6 is 0 Å². The Morgan fingerprint density at radius 1 is 0.565 bits per heavy atom. The van der Waals surface area contributed by atoms with E-state index in [1.807, 2.05) is 36.4 Å². The quantitative estimate of drug-likeness (QED) is 0.223. The molecule has 0 saturated heterocycles. The Balaban J connectivity index is 1.36. The molecule has 0 aliphatic carbocycles. The molecular formula is C38H44N2O6. The van der Waals surface area contributed by atoms with E-state index in [1.165, 1.54) is 22.3 Å². The third-order valence-electron chi connectivity index (χ3n) is 9.81. The lowest BCUT2D eigenvalue weighted by Crippen LogP contribution is -2.33. The minimum atomic E-state index is 0.131. The van der Waals surface area contributed by atoms with Crippen molar-refractivity contribution in [1.82, 2.24) is 9.80 Å². The number of hydrogen-bond donors (Lipinski definition) is 2. The normalized spacial score (nSPS) is 18.0. The highest BCUT2D eigenvalue weighted by molar-refractivity contribution is 5.77. The minimum absolute atomic E-state index is 0.131. The van der Waals surface area contributed by atoms with Gasteiger partial charge < -0.3 is 29.2 Å². The van der Waals surface area contributed by atoms with Gasteiger partial charge >= 0.3 is 0 Å². The number of ether oxygens (including phenoxy) is 4. The van der Waals surface area contributed by atoms with Crippen molar-refractivity contribution in [2.45, 2.75) is 37.8 Å². The molecule has 2 N–H and O–H groups in total. The van der Waals surface area contributed by atoms with Gasteiger partial charge in [0.1, 0.15) is 11.5 Å². The van der Waals surface area contributed by atoms with Crippen LogP contribution in [0, 0.1) is 0 Å². The molecule has 8 nitrogen and oxygen atoms in total. The van der Waals surface area contributed by atoms with Crippen molar-refractivity contribution in [3.8, 4) is 45.6 Å². The van der Waals surface area contributed by atoms with Gasteiger partial charge in [0.25, 0.3) is 0 Å². The Kier molecular flexibility index (Phi) is 9.02. The highest BCUT2D eigenvalue weighted by atomic mass is 16.5. The zero-order chi connectivity index (χ0) is 32.5. The lowest BCUT2D eigenvalue weighted by Gasteiger charge is -2.35. The van der Waals surface area contributed by atoms with Crippen LogP contribution in [0.4, 0.5) is 0 Å². The zero-order valence-corrected chi connectivity index (χ0v) is 27.6. The van der Waals surface area contributed by atoms with Crippen LogP contribution in [0.25, 0.3) is 11.1 Å². The van der Waals surface area contributed by atoms with E-state index in [-0.39, 0.29) is 23.6 Å². The summed E-state index contributed by atoms with van der Waals surface area (Å²) in [6, 6.07) is 20.7. The maximum Gasteiger partial charge on any atom is 0.160 e. The predicted molar refractivity (Wildman–Crippen MR) is 180 cm³/mol. The SMILES string of the molecule is COc1cc2c(cc1O)CCN(C)C2Cc1ccc(OC)c(-c2cc(CC3c4cc(OC)c(O)cc4CCN3C)ccc2OC)c1. The standard InChI is InChI=1S/C38H44N2O6/c1-39-13-11-25-19-33(41)37(45-5)21-27(25)31(39)17-23-7-9-35(43-3)29(15-23)30-16-24(8-10-36(30)44-4)18-32-28-22-38(46-6)34(42)20-26(28)12-14-40(32)2/h7-10,15-16,19-22,31-32,41-42H,11-14,17-18H2,1-6H3. The number of phenolic OH excluding ortho intramolecular Hbond substituents is 2. The second kappa shape index (κ2) is 13.1. The number of likely N-dealkylation sites (N-methyl/N-ethyl adjacent to an activating group) is 2. The third-order valence-corrected chi connectivity index (χ3v) is 9.81. The second-order valence-corrected chi connectivity index (χ2v) is 12.4. The molecule has 0 aromatic heterocycles. The van der Waals surface area contributed by atoms with Gasteiger partial charge in [0.05, 0.1) is 28.4 Å². The Morgan fingerprint density at radius 3 is 1.33 bits per heavy atom. The minimum Gasteiger partial charge on any atom is -0.504 e. The van der Waals surface area contributed by atoms with Crippen LogP contribution in [0.5, 0.6) is 34.5 Å². The van der Waals surface area contributed by atoms with Crippen LogP contribution in [0.3, 0.4) is 0 Å². The zero-order valence-electron chi connectivity index (χ0n) is 27.6. The molecule has 242 valence electrons. The van der Waals surface area contributed by atoms with Gasteiger partial charge in [0.2, 0.25) is 0 Å². The van der Waals surface area contributed by atoms with E-state index in [1.54, 1.807) is 28.4 Å². The molecular weight excluding hydrogens is 580 g/mol. The van der Waals surface area contributed by atoms with Gasteiger partial charge in [-0.25, -0.2) is 0 Å². The van der Waals surface area contributed by atoms with Gasteiger partial charge in [-0.05, 0) is 122 Å². The van der Waals surface area contributed by atoms with Gasteiger partial charge in [-0.2, -0.15) is 0 Å². The Labute approximate surface area is 271 Å². The summed E-state index contributed by atoms with van der Waals surface area (Å²) in [6.45, 7) is 1.82. The van der Waals surface area contributed by atoms with Gasteiger partial charge in [-0.15, -0.1) is 0 Å². The second-order valence-electron chi connectivity index (χ2n) is 12.4. The number of hydrogen-bond acceptors (Lipinski definition) is 8. The fraction of sp³-hybridized carbons (Fsp3) is 0.368. The first-order valence-corrected chi connectivity index (χ1v) is 15.8. The lowest BCUT2D eigenvalue weighted by atomic mass is 9.87. The summed E-state index contributed by atoms with van der Waals surface area (Å²) in [5.74, 6) is 2.92. The first kappa shape index (κ1) is 31.6. The van der Waals surface area contributed by atoms with Crippen molar-refractivity contribution < 1.29 is 29.2 Å². The largest absolute Gasteiger partial charge is 0.504 e. The molecule has 0 radical (unpaired) electrons. The first-order valence-electron chi connectivity index (χ1n) is 15.8. The predicted octanol–water partition coefficient (Wildman–Crippen LogP) is 6.34. The van der Waals surface area contributed by atoms with Crippen molar-refractivity contribution >= 4 is 0 Å². The Morgan fingerprint density at radius 2 is 0.957 bits per heavy atom. The van der Waals surface area contributed by atoms with Crippen LogP contribution in [-0.2, 0) is 25.7 Å². The van der Waals surface area contributed by atoms with Crippen LogP contribution in [0.1, 0.15) is 45.5 Å². The number of fused-ring (bicyclic) bond motifs is 2. The monoisotopic (exact) mass is 624 g/mol. The van der Waals surface area contributed by atoms with Crippen molar-refractivity contribution in [3.05, 3.63) is 94.0 Å². The maximum atomic E-state index is 10.4. The molecule has 6 rings (SSSR count). The number of rotatable bonds is 9. The van der Waals surface area contributed by atoms with Crippen LogP contribution < -0.4 is 18.9 Å². The average molecular weight is 625 g/mol. The van der Waals surface area contributed by atoms with E-state index in [2.05, 4.69) is 48.2 Å². The van der Waals surface area contributed by atoms with E-state index < -0.39 is 0 Å². The lowest BCUT2D eigenvalue weighted by molar-refractivity contribution is 0.228. The molecule has 2 aliphatic heterocycles. The van der Waals surface area contributed by atoms with Crippen molar-refractivity contribution in [3.63, 3.8) is 0 Å². The number of benzene rings is 4. The number of nitrogens with zero attached hydrogens (tertiary/aromatic N) is 2. The fourth-order valence-corrected chi connectivity index (χ4v) is 7.18. The molecule has 0 fully saturated rings. The van der Waals surface area contributed by atoms with Gasteiger partial charge in [-0.1, -0.05) is 12.1 Å². The molecule has 46 heavy (non-hydrogen) atoms. The molecule has 2 atom stereocenters. The average Bonchev–Trinajstić information content (AvgIpc) is 3.06. The van der Waals surface area contributed by atoms with Crippen molar-refractivity contribution in [2.24, 2.45) is 0 Å². The smallest absolute Gasteiger partial charge is 0.160 e. The summed E-state index contributed by atoms with van der Waals surface area (Å²) in [5.41, 5.74) is 8.98. The summed E-state index contributed by atoms with van der Waals surface area (Å²) in [7, 11) is 10.9. The highest BCUT2D eigenvalue weighted by Gasteiger charge is 2.29. The van der Waals surface area contributed by atoms with Crippen molar-refractivity contribution in [1.29, 1.82) is 0 Å². The van der Waals surface area contributed by atoms with E-state index in [0.29, 0.717) is 11.5 Å². The van der Waals surface area contributed by atoms with Gasteiger partial charge in [0, 0.05) is 36.3 Å². The number of phenols is 2. The molecule has 0 spiro atoms. The first-order chi connectivity index (χ1) is 22.2.